The lowest BCUT2D eigenvalue weighted by molar-refractivity contribution is -0.118. The topological polar surface area (TPSA) is 110 Å². The molecule has 1 unspecified atom stereocenters. The number of amides is 2. The summed E-state index contributed by atoms with van der Waals surface area (Å²) in [6, 6.07) is 11.7. The molecule has 3 rings (SSSR count). The highest BCUT2D eigenvalue weighted by molar-refractivity contribution is 7.92. The van der Waals surface area contributed by atoms with Gasteiger partial charge in [0.05, 0.1) is 4.90 Å². The van der Waals surface area contributed by atoms with E-state index in [0.29, 0.717) is 37.2 Å². The molecular formula is C23H29N3O4S. The van der Waals surface area contributed by atoms with Gasteiger partial charge >= 0.3 is 0 Å². The quantitative estimate of drug-likeness (QED) is 0.685. The van der Waals surface area contributed by atoms with Crippen molar-refractivity contribution in [1.29, 1.82) is 0 Å². The third kappa shape index (κ3) is 5.85. The summed E-state index contributed by atoms with van der Waals surface area (Å²) in [5.41, 5.74) is 7.77. The van der Waals surface area contributed by atoms with Crippen LogP contribution < -0.4 is 10.5 Å². The average Bonchev–Trinajstić information content (AvgIpc) is 2.72. The van der Waals surface area contributed by atoms with Crippen LogP contribution in [0.3, 0.4) is 0 Å². The number of piperidine rings is 1. The van der Waals surface area contributed by atoms with Gasteiger partial charge in [-0.05, 0) is 74.4 Å². The Kier molecular flexibility index (Phi) is 7.00. The van der Waals surface area contributed by atoms with E-state index in [9.17, 15) is 18.0 Å². The molecule has 0 bridgehead atoms. The van der Waals surface area contributed by atoms with Gasteiger partial charge in [-0.25, -0.2) is 8.42 Å². The Morgan fingerprint density at radius 1 is 1.16 bits per heavy atom. The molecule has 0 saturated carbocycles. The van der Waals surface area contributed by atoms with Gasteiger partial charge in [-0.1, -0.05) is 18.2 Å². The van der Waals surface area contributed by atoms with Gasteiger partial charge in [-0.2, -0.15) is 0 Å². The number of hydrogen-bond acceptors (Lipinski definition) is 4. The Balaban J connectivity index is 1.80. The summed E-state index contributed by atoms with van der Waals surface area (Å²) in [7, 11) is -3.83. The summed E-state index contributed by atoms with van der Waals surface area (Å²) in [5.74, 6) is -0.299. The molecule has 1 heterocycles. The van der Waals surface area contributed by atoms with Crippen molar-refractivity contribution in [2.24, 2.45) is 11.7 Å². The summed E-state index contributed by atoms with van der Waals surface area (Å²) < 4.78 is 28.4. The maximum atomic E-state index is 13.2. The molecule has 0 aliphatic carbocycles. The third-order valence-electron chi connectivity index (χ3n) is 5.63. The first-order valence-corrected chi connectivity index (χ1v) is 11.9. The van der Waals surface area contributed by atoms with Crippen LogP contribution in [0, 0.1) is 19.8 Å². The highest BCUT2D eigenvalue weighted by atomic mass is 32.2. The molecule has 3 N–H and O–H groups in total. The van der Waals surface area contributed by atoms with E-state index in [1.165, 1.54) is 12.1 Å². The summed E-state index contributed by atoms with van der Waals surface area (Å²) in [5, 5.41) is 0. The third-order valence-corrected chi connectivity index (χ3v) is 7.00. The Hall–Kier alpha value is -2.87. The number of sulfonamides is 1. The lowest BCUT2D eigenvalue weighted by atomic mass is 9.92. The van der Waals surface area contributed by atoms with E-state index in [1.54, 1.807) is 36.1 Å². The second-order valence-corrected chi connectivity index (χ2v) is 9.90. The molecule has 7 nitrogen and oxygen atoms in total. The molecule has 2 amide bonds. The Labute approximate surface area is 183 Å². The predicted molar refractivity (Wildman–Crippen MR) is 120 cm³/mol. The highest BCUT2D eigenvalue weighted by Gasteiger charge is 2.27. The largest absolute Gasteiger partial charge is 0.370 e. The van der Waals surface area contributed by atoms with E-state index >= 15 is 0 Å². The maximum Gasteiger partial charge on any atom is 0.261 e. The number of likely N-dealkylation sites (tertiary alicyclic amines) is 1. The van der Waals surface area contributed by atoms with Crippen LogP contribution in [0.5, 0.6) is 0 Å². The highest BCUT2D eigenvalue weighted by Crippen LogP contribution is 2.25. The van der Waals surface area contributed by atoms with Crippen LogP contribution in [0.25, 0.3) is 0 Å². The summed E-state index contributed by atoms with van der Waals surface area (Å²) in [6.45, 7) is 4.84. The molecule has 31 heavy (non-hydrogen) atoms. The Morgan fingerprint density at radius 2 is 1.94 bits per heavy atom. The maximum absolute atomic E-state index is 13.2. The number of rotatable bonds is 7. The number of primary amides is 1. The molecule has 0 aromatic heterocycles. The second kappa shape index (κ2) is 9.51. The van der Waals surface area contributed by atoms with Crippen LogP contribution in [0.2, 0.25) is 0 Å². The monoisotopic (exact) mass is 443 g/mol. The fourth-order valence-electron chi connectivity index (χ4n) is 3.92. The number of carbonyl (C=O) groups excluding carboxylic acids is 2. The molecule has 1 fully saturated rings. The smallest absolute Gasteiger partial charge is 0.261 e. The normalized spacial score (nSPS) is 16.7. The molecule has 1 aliphatic rings. The van der Waals surface area contributed by atoms with Crippen molar-refractivity contribution >= 4 is 27.5 Å². The van der Waals surface area contributed by atoms with Gasteiger partial charge < -0.3 is 10.6 Å². The van der Waals surface area contributed by atoms with E-state index in [0.717, 1.165) is 24.0 Å². The average molecular weight is 444 g/mol. The molecule has 1 saturated heterocycles. The van der Waals surface area contributed by atoms with Crippen LogP contribution in [-0.2, 0) is 14.8 Å². The van der Waals surface area contributed by atoms with Gasteiger partial charge in [0.2, 0.25) is 5.91 Å². The zero-order chi connectivity index (χ0) is 22.6. The van der Waals surface area contributed by atoms with Crippen molar-refractivity contribution in [2.45, 2.75) is 44.4 Å². The van der Waals surface area contributed by atoms with Gasteiger partial charge in [-0.15, -0.1) is 0 Å². The van der Waals surface area contributed by atoms with E-state index in [2.05, 4.69) is 4.72 Å². The van der Waals surface area contributed by atoms with Crippen molar-refractivity contribution in [3.63, 3.8) is 0 Å². The number of benzene rings is 2. The summed E-state index contributed by atoms with van der Waals surface area (Å²) in [6.07, 6.45) is 2.77. The number of anilines is 1. The van der Waals surface area contributed by atoms with Crippen molar-refractivity contribution < 1.29 is 18.0 Å². The Morgan fingerprint density at radius 3 is 2.65 bits per heavy atom. The molecular weight excluding hydrogens is 414 g/mol. The minimum Gasteiger partial charge on any atom is -0.370 e. The van der Waals surface area contributed by atoms with Crippen LogP contribution in [-0.4, -0.2) is 38.2 Å². The van der Waals surface area contributed by atoms with Gasteiger partial charge in [0.25, 0.3) is 15.9 Å². The van der Waals surface area contributed by atoms with Gasteiger partial charge in [-0.3, -0.25) is 14.3 Å². The lowest BCUT2D eigenvalue weighted by Crippen LogP contribution is -2.40. The number of nitrogens with one attached hydrogen (secondary N) is 1. The van der Waals surface area contributed by atoms with Crippen molar-refractivity contribution in [1.82, 2.24) is 4.90 Å². The molecule has 2 aromatic carbocycles. The molecule has 1 aliphatic heterocycles. The van der Waals surface area contributed by atoms with E-state index in [4.69, 9.17) is 5.73 Å². The number of carbonyl (C=O) groups is 2. The van der Waals surface area contributed by atoms with Crippen LogP contribution in [0.1, 0.15) is 47.2 Å². The van der Waals surface area contributed by atoms with Crippen LogP contribution in [0.4, 0.5) is 5.69 Å². The molecule has 8 heteroatoms. The lowest BCUT2D eigenvalue weighted by Gasteiger charge is -2.33. The number of hydrogen-bond donors (Lipinski definition) is 2. The number of nitrogens with zero attached hydrogens (tertiary/aromatic N) is 1. The SMILES string of the molecule is Cc1cccc(NS(=O)(=O)c2ccc(C)c(C(=O)N3CCCC(CCC(N)=O)C3)c2)c1. The first-order valence-electron chi connectivity index (χ1n) is 10.4. The van der Waals surface area contributed by atoms with Crippen molar-refractivity contribution in [3.8, 4) is 0 Å². The van der Waals surface area contributed by atoms with Crippen molar-refractivity contribution in [3.05, 3.63) is 59.2 Å². The van der Waals surface area contributed by atoms with Gasteiger partial charge in [0, 0.05) is 30.8 Å². The minimum atomic E-state index is -3.83. The van der Waals surface area contributed by atoms with Gasteiger partial charge in [0.1, 0.15) is 0 Å². The zero-order valence-corrected chi connectivity index (χ0v) is 18.7. The van der Waals surface area contributed by atoms with E-state index in [-0.39, 0.29) is 22.6 Å². The predicted octanol–water partition coefficient (Wildman–Crippen LogP) is 3.22. The minimum absolute atomic E-state index is 0.0465. The number of aryl methyl sites for hydroxylation is 2. The molecule has 166 valence electrons. The first kappa shape index (κ1) is 22.8. The fraction of sp³-hybridized carbons (Fsp3) is 0.391. The van der Waals surface area contributed by atoms with Crippen molar-refractivity contribution in [2.75, 3.05) is 17.8 Å². The standard InChI is InChI=1S/C23H29N3O4S/c1-16-5-3-7-19(13-16)25-31(29,30)20-10-8-17(2)21(14-20)23(28)26-12-4-6-18(15-26)9-11-22(24)27/h3,5,7-8,10,13-14,18,25H,4,6,9,11-12,15H2,1-2H3,(H2,24,27). The van der Waals surface area contributed by atoms with Gasteiger partial charge in [0.15, 0.2) is 0 Å². The van der Waals surface area contributed by atoms with Crippen LogP contribution in [0.15, 0.2) is 47.4 Å². The molecule has 0 radical (unpaired) electrons. The zero-order valence-electron chi connectivity index (χ0n) is 17.9. The van der Waals surface area contributed by atoms with Crippen LogP contribution >= 0.6 is 0 Å². The molecule has 2 aromatic rings. The summed E-state index contributed by atoms with van der Waals surface area (Å²) in [4.78, 5) is 26.1. The number of nitrogens with two attached hydrogens (primary N) is 1. The Bertz CT molecular complexity index is 1080. The fourth-order valence-corrected chi connectivity index (χ4v) is 5.00. The second-order valence-electron chi connectivity index (χ2n) is 8.22. The van der Waals surface area contributed by atoms with E-state index in [1.807, 2.05) is 13.0 Å². The summed E-state index contributed by atoms with van der Waals surface area (Å²) >= 11 is 0. The van der Waals surface area contributed by atoms with E-state index < -0.39 is 10.0 Å². The molecule has 1 atom stereocenters. The first-order chi connectivity index (χ1) is 14.7. The molecule has 0 spiro atoms.